The minimum absolute atomic E-state index is 0.0766. The van der Waals surface area contributed by atoms with Gasteiger partial charge in [0.25, 0.3) is 0 Å². The van der Waals surface area contributed by atoms with Gasteiger partial charge in [-0.1, -0.05) is 60.7 Å². The standard InChI is InChI=1S/C26H26N2O2/c1-18-7-6-10-22-23(17-28-24(18)22)26(29)25(20-8-4-3-5-9-20)27-16-15-19-11-13-21(30-2)14-12-19/h3-14,17,25,27-28H,15-16H2,1-2H3. The van der Waals surface area contributed by atoms with E-state index in [0.29, 0.717) is 6.54 Å². The van der Waals surface area contributed by atoms with E-state index in [1.165, 1.54) is 5.56 Å². The number of para-hydroxylation sites is 1. The fourth-order valence-electron chi connectivity index (χ4n) is 3.83. The van der Waals surface area contributed by atoms with Crippen LogP contribution in [0.3, 0.4) is 0 Å². The van der Waals surface area contributed by atoms with Crippen molar-refractivity contribution in [3.05, 3.63) is 101 Å². The Balaban J connectivity index is 1.56. The quantitative estimate of drug-likeness (QED) is 0.399. The molecule has 1 aromatic heterocycles. The summed E-state index contributed by atoms with van der Waals surface area (Å²) in [4.78, 5) is 16.8. The Morgan fingerprint density at radius 1 is 1.00 bits per heavy atom. The Hall–Kier alpha value is -3.37. The van der Waals surface area contributed by atoms with Crippen LogP contribution in [-0.2, 0) is 6.42 Å². The topological polar surface area (TPSA) is 54.1 Å². The van der Waals surface area contributed by atoms with Gasteiger partial charge in [0.15, 0.2) is 5.78 Å². The molecule has 0 amide bonds. The lowest BCUT2D eigenvalue weighted by Gasteiger charge is -2.18. The van der Waals surface area contributed by atoms with Crippen LogP contribution in [0.2, 0.25) is 0 Å². The average molecular weight is 399 g/mol. The van der Waals surface area contributed by atoms with Crippen molar-refractivity contribution in [1.82, 2.24) is 10.3 Å². The molecule has 152 valence electrons. The molecule has 4 nitrogen and oxygen atoms in total. The van der Waals surface area contributed by atoms with Gasteiger partial charge in [-0.25, -0.2) is 0 Å². The summed E-state index contributed by atoms with van der Waals surface area (Å²) in [6.07, 6.45) is 2.66. The van der Waals surface area contributed by atoms with E-state index >= 15 is 0 Å². The van der Waals surface area contributed by atoms with E-state index in [4.69, 9.17) is 4.74 Å². The van der Waals surface area contributed by atoms with Crippen LogP contribution in [0.15, 0.2) is 79.0 Å². The van der Waals surface area contributed by atoms with Crippen LogP contribution in [0.1, 0.15) is 33.1 Å². The lowest BCUT2D eigenvalue weighted by Crippen LogP contribution is -2.30. The molecule has 4 rings (SSSR count). The minimum atomic E-state index is -0.399. The number of hydrogen-bond acceptors (Lipinski definition) is 3. The average Bonchev–Trinajstić information content (AvgIpc) is 3.23. The van der Waals surface area contributed by atoms with Crippen molar-refractivity contribution in [3.8, 4) is 5.75 Å². The second-order valence-corrected chi connectivity index (χ2v) is 7.46. The van der Waals surface area contributed by atoms with Crippen LogP contribution < -0.4 is 10.1 Å². The molecule has 0 aliphatic heterocycles. The molecule has 30 heavy (non-hydrogen) atoms. The first-order valence-corrected chi connectivity index (χ1v) is 10.2. The maximum Gasteiger partial charge on any atom is 0.186 e. The van der Waals surface area contributed by atoms with Crippen LogP contribution in [0, 0.1) is 6.92 Å². The van der Waals surface area contributed by atoms with Crippen LogP contribution >= 0.6 is 0 Å². The molecule has 3 aromatic carbocycles. The molecule has 0 aliphatic rings. The fourth-order valence-corrected chi connectivity index (χ4v) is 3.83. The Morgan fingerprint density at radius 3 is 2.50 bits per heavy atom. The Bertz CT molecular complexity index is 1130. The second kappa shape index (κ2) is 8.97. The molecule has 1 unspecified atom stereocenters. The van der Waals surface area contributed by atoms with Crippen molar-refractivity contribution < 1.29 is 9.53 Å². The zero-order valence-electron chi connectivity index (χ0n) is 17.3. The number of carbonyl (C=O) groups is 1. The molecule has 0 spiro atoms. The monoisotopic (exact) mass is 398 g/mol. The molecule has 0 aliphatic carbocycles. The minimum Gasteiger partial charge on any atom is -0.497 e. The summed E-state index contributed by atoms with van der Waals surface area (Å²) in [5, 5.41) is 4.46. The zero-order chi connectivity index (χ0) is 20.9. The van der Waals surface area contributed by atoms with Gasteiger partial charge in [0.1, 0.15) is 5.75 Å². The normalized spacial score (nSPS) is 12.1. The summed E-state index contributed by atoms with van der Waals surface area (Å²) in [7, 11) is 1.67. The Labute approximate surface area is 176 Å². The van der Waals surface area contributed by atoms with Crippen molar-refractivity contribution in [2.24, 2.45) is 0 Å². The molecule has 0 saturated heterocycles. The number of hydrogen-bond donors (Lipinski definition) is 2. The van der Waals surface area contributed by atoms with Crippen molar-refractivity contribution in [3.63, 3.8) is 0 Å². The SMILES string of the molecule is COc1ccc(CCNC(C(=O)c2c[nH]c3c(C)cccc23)c2ccccc2)cc1. The van der Waals surface area contributed by atoms with Gasteiger partial charge < -0.3 is 15.0 Å². The molecule has 4 aromatic rings. The first-order chi connectivity index (χ1) is 14.7. The lowest BCUT2D eigenvalue weighted by atomic mass is 9.96. The second-order valence-electron chi connectivity index (χ2n) is 7.46. The Kier molecular flexibility index (Phi) is 5.96. The molecule has 1 atom stereocenters. The van der Waals surface area contributed by atoms with Crippen LogP contribution in [0.5, 0.6) is 5.75 Å². The van der Waals surface area contributed by atoms with Crippen LogP contribution in [0.25, 0.3) is 10.9 Å². The van der Waals surface area contributed by atoms with Gasteiger partial charge in [0.05, 0.1) is 13.2 Å². The highest BCUT2D eigenvalue weighted by Crippen LogP contribution is 2.26. The lowest BCUT2D eigenvalue weighted by molar-refractivity contribution is 0.0945. The maximum atomic E-state index is 13.6. The van der Waals surface area contributed by atoms with E-state index in [9.17, 15) is 4.79 Å². The first-order valence-electron chi connectivity index (χ1n) is 10.2. The van der Waals surface area contributed by atoms with E-state index in [2.05, 4.69) is 35.4 Å². The van der Waals surface area contributed by atoms with Crippen LogP contribution in [-0.4, -0.2) is 24.4 Å². The number of aryl methyl sites for hydroxylation is 1. The summed E-state index contributed by atoms with van der Waals surface area (Å²) in [5.74, 6) is 0.923. The largest absolute Gasteiger partial charge is 0.497 e. The van der Waals surface area contributed by atoms with Gasteiger partial charge in [0, 0.05) is 29.2 Å². The third-order valence-electron chi connectivity index (χ3n) is 5.51. The molecule has 2 N–H and O–H groups in total. The number of ketones is 1. The Morgan fingerprint density at radius 2 is 1.77 bits per heavy atom. The number of Topliss-reactive ketones (excluding diaryl/α,β-unsaturated/α-hetero) is 1. The smallest absolute Gasteiger partial charge is 0.186 e. The molecule has 1 heterocycles. The van der Waals surface area contributed by atoms with Gasteiger partial charge in [-0.2, -0.15) is 0 Å². The molecular formula is C26H26N2O2. The van der Waals surface area contributed by atoms with Gasteiger partial charge in [-0.05, 0) is 42.2 Å². The van der Waals surface area contributed by atoms with Crippen molar-refractivity contribution in [1.29, 1.82) is 0 Å². The highest BCUT2D eigenvalue weighted by Gasteiger charge is 2.24. The maximum absolute atomic E-state index is 13.6. The van der Waals surface area contributed by atoms with Crippen LogP contribution in [0.4, 0.5) is 0 Å². The van der Waals surface area contributed by atoms with Gasteiger partial charge in [-0.3, -0.25) is 4.79 Å². The van der Waals surface area contributed by atoms with Gasteiger partial charge in [-0.15, -0.1) is 0 Å². The number of ether oxygens (including phenoxy) is 1. The predicted octanol–water partition coefficient (Wildman–Crippen LogP) is 5.24. The summed E-state index contributed by atoms with van der Waals surface area (Å²) in [6.45, 7) is 2.74. The number of aromatic amines is 1. The number of methoxy groups -OCH3 is 1. The molecule has 0 fully saturated rings. The predicted molar refractivity (Wildman–Crippen MR) is 121 cm³/mol. The number of nitrogens with one attached hydrogen (secondary N) is 2. The third kappa shape index (κ3) is 4.14. The highest BCUT2D eigenvalue weighted by molar-refractivity contribution is 6.11. The fraction of sp³-hybridized carbons (Fsp3) is 0.192. The van der Waals surface area contributed by atoms with E-state index in [-0.39, 0.29) is 5.78 Å². The first kappa shape index (κ1) is 19.9. The van der Waals surface area contributed by atoms with E-state index in [1.807, 2.05) is 60.8 Å². The number of benzene rings is 3. The number of rotatable bonds is 8. The van der Waals surface area contributed by atoms with Crippen molar-refractivity contribution in [2.75, 3.05) is 13.7 Å². The van der Waals surface area contributed by atoms with Gasteiger partial charge in [0.2, 0.25) is 0 Å². The summed E-state index contributed by atoms with van der Waals surface area (Å²) < 4.78 is 5.22. The van der Waals surface area contributed by atoms with E-state index < -0.39 is 6.04 Å². The highest BCUT2D eigenvalue weighted by atomic mass is 16.5. The number of fused-ring (bicyclic) bond motifs is 1. The van der Waals surface area contributed by atoms with E-state index in [1.54, 1.807) is 7.11 Å². The molecular weight excluding hydrogens is 372 g/mol. The molecule has 0 radical (unpaired) electrons. The molecule has 4 heteroatoms. The van der Waals surface area contributed by atoms with Crippen molar-refractivity contribution in [2.45, 2.75) is 19.4 Å². The van der Waals surface area contributed by atoms with Gasteiger partial charge >= 0.3 is 0 Å². The van der Waals surface area contributed by atoms with Crippen molar-refractivity contribution >= 4 is 16.7 Å². The summed E-state index contributed by atoms with van der Waals surface area (Å²) in [5.41, 5.74) is 5.05. The number of carbonyl (C=O) groups excluding carboxylic acids is 1. The zero-order valence-corrected chi connectivity index (χ0v) is 17.3. The number of H-pyrrole nitrogens is 1. The third-order valence-corrected chi connectivity index (χ3v) is 5.51. The summed E-state index contributed by atoms with van der Waals surface area (Å²) in [6, 6.07) is 23.6. The molecule has 0 bridgehead atoms. The van der Waals surface area contributed by atoms with E-state index in [0.717, 1.165) is 39.8 Å². The molecule has 0 saturated carbocycles. The number of aromatic nitrogens is 1. The summed E-state index contributed by atoms with van der Waals surface area (Å²) >= 11 is 0.